The van der Waals surface area contributed by atoms with E-state index in [4.69, 9.17) is 11.6 Å². The summed E-state index contributed by atoms with van der Waals surface area (Å²) in [5.74, 6) is 5.15. The van der Waals surface area contributed by atoms with Crippen LogP contribution >= 0.6 is 12.4 Å². The summed E-state index contributed by atoms with van der Waals surface area (Å²) in [6.07, 6.45) is -0.0412. The molecule has 1 aromatic carbocycles. The number of hydrogen-bond acceptors (Lipinski definition) is 7. The topological polar surface area (TPSA) is 143 Å². The van der Waals surface area contributed by atoms with Crippen LogP contribution in [-0.2, 0) is 6.42 Å². The molecule has 9 nitrogen and oxygen atoms in total. The monoisotopic (exact) mass is 298 g/mol. The molecule has 0 unspecified atom stereocenters. The Hall–Kier alpha value is -2.68. The molecule has 106 valence electrons. The van der Waals surface area contributed by atoms with Gasteiger partial charge in [-0.15, -0.1) is 22.6 Å². The van der Waals surface area contributed by atoms with E-state index in [0.29, 0.717) is 10.2 Å². The molecule has 2 aromatic rings. The van der Waals surface area contributed by atoms with Gasteiger partial charge in [-0.2, -0.15) is 4.68 Å². The molecule has 4 N–H and O–H groups in total. The lowest BCUT2D eigenvalue weighted by atomic mass is 10.1. The Morgan fingerprint density at radius 1 is 1.30 bits per heavy atom. The third kappa shape index (κ3) is 2.83. The van der Waals surface area contributed by atoms with Crippen molar-refractivity contribution in [2.45, 2.75) is 6.42 Å². The van der Waals surface area contributed by atoms with Crippen molar-refractivity contribution in [3.63, 3.8) is 0 Å². The Morgan fingerprint density at radius 3 is 2.60 bits per heavy atom. The molecule has 0 aliphatic carbocycles. The van der Waals surface area contributed by atoms with Crippen LogP contribution in [0.1, 0.15) is 11.3 Å². The molecule has 10 heteroatoms. The van der Waals surface area contributed by atoms with Crippen molar-refractivity contribution in [2.24, 2.45) is 0 Å². The first-order chi connectivity index (χ1) is 9.00. The molecule has 0 saturated heterocycles. The van der Waals surface area contributed by atoms with Crippen LogP contribution in [0.5, 0.6) is 0 Å². The van der Waals surface area contributed by atoms with E-state index < -0.39 is 10.5 Å². The van der Waals surface area contributed by atoms with Gasteiger partial charge in [-0.1, -0.05) is 18.2 Å². The second-order valence-corrected chi connectivity index (χ2v) is 3.74. The minimum Gasteiger partial charge on any atom is -0.366 e. The first-order valence-corrected chi connectivity index (χ1v) is 5.22. The van der Waals surface area contributed by atoms with Gasteiger partial charge in [0.1, 0.15) is 5.69 Å². The number of nitro groups is 1. The summed E-state index contributed by atoms with van der Waals surface area (Å²) in [7, 11) is 0. The maximum Gasteiger partial charge on any atom is 0.295 e. The number of halogens is 1. The first-order valence-electron chi connectivity index (χ1n) is 5.22. The molecule has 0 atom stereocenters. The summed E-state index contributed by atoms with van der Waals surface area (Å²) in [6, 6.07) is 6.06. The number of benzene rings is 1. The Bertz CT molecular complexity index is 702. The summed E-state index contributed by atoms with van der Waals surface area (Å²) in [6.45, 7) is 0. The zero-order valence-electron chi connectivity index (χ0n) is 10.1. The zero-order chi connectivity index (χ0) is 14.0. The summed E-state index contributed by atoms with van der Waals surface area (Å²) >= 11 is 0. The van der Waals surface area contributed by atoms with E-state index in [-0.39, 0.29) is 36.2 Å². The quantitative estimate of drug-likeness (QED) is 0.456. The number of nitrogens with two attached hydrogens (primary N) is 2. The number of nitrogen functional groups attached to an aromatic ring is 2. The standard InChI is InChI=1S/C10H10N6O3.ClH/c11-10-14-13-7(9(17)15(10)12)5-6-3-1-2-4-8(6)16(18)19;/h1-4H,5,12H2,(H2,11,14);1H. The van der Waals surface area contributed by atoms with Crippen molar-refractivity contribution < 1.29 is 4.92 Å². The number of aromatic nitrogens is 3. The van der Waals surface area contributed by atoms with Gasteiger partial charge in [-0.05, 0) is 0 Å². The number of anilines is 1. The smallest absolute Gasteiger partial charge is 0.295 e. The molecule has 1 heterocycles. The fourth-order valence-corrected chi connectivity index (χ4v) is 1.58. The van der Waals surface area contributed by atoms with Crippen LogP contribution in [-0.4, -0.2) is 19.8 Å². The highest BCUT2D eigenvalue weighted by Gasteiger charge is 2.16. The fourth-order valence-electron chi connectivity index (χ4n) is 1.58. The molecular formula is C10H11ClN6O3. The highest BCUT2D eigenvalue weighted by Crippen LogP contribution is 2.19. The largest absolute Gasteiger partial charge is 0.366 e. The van der Waals surface area contributed by atoms with Crippen LogP contribution in [0.4, 0.5) is 11.6 Å². The van der Waals surface area contributed by atoms with Crippen molar-refractivity contribution in [1.29, 1.82) is 0 Å². The third-order valence-electron chi connectivity index (χ3n) is 2.53. The Morgan fingerprint density at radius 2 is 1.95 bits per heavy atom. The van der Waals surface area contributed by atoms with Crippen LogP contribution < -0.4 is 17.1 Å². The number of hydrogen-bond donors (Lipinski definition) is 2. The average Bonchev–Trinajstić information content (AvgIpc) is 2.40. The van der Waals surface area contributed by atoms with Gasteiger partial charge in [0.25, 0.3) is 11.2 Å². The molecule has 0 spiro atoms. The normalized spacial score (nSPS) is 9.80. The summed E-state index contributed by atoms with van der Waals surface area (Å²) in [5, 5.41) is 18.0. The summed E-state index contributed by atoms with van der Waals surface area (Å²) in [5.41, 5.74) is 4.93. The van der Waals surface area contributed by atoms with E-state index in [1.54, 1.807) is 6.07 Å². The van der Waals surface area contributed by atoms with Crippen molar-refractivity contribution in [2.75, 3.05) is 11.6 Å². The lowest BCUT2D eigenvalue weighted by molar-refractivity contribution is -0.385. The van der Waals surface area contributed by atoms with Gasteiger partial charge in [0.15, 0.2) is 0 Å². The minimum absolute atomic E-state index is 0. The van der Waals surface area contributed by atoms with Gasteiger partial charge >= 0.3 is 0 Å². The maximum atomic E-state index is 11.8. The average molecular weight is 299 g/mol. The predicted octanol–water partition coefficient (Wildman–Crippen LogP) is -0.145. The predicted molar refractivity (Wildman–Crippen MR) is 74.0 cm³/mol. The Kier molecular flexibility index (Phi) is 4.59. The highest BCUT2D eigenvalue weighted by molar-refractivity contribution is 5.85. The summed E-state index contributed by atoms with van der Waals surface area (Å²) in [4.78, 5) is 22.1. The number of rotatable bonds is 3. The van der Waals surface area contributed by atoms with E-state index in [2.05, 4.69) is 10.2 Å². The lowest BCUT2D eigenvalue weighted by Gasteiger charge is -2.04. The molecule has 0 bridgehead atoms. The second-order valence-electron chi connectivity index (χ2n) is 3.74. The van der Waals surface area contributed by atoms with Crippen LogP contribution in [0.2, 0.25) is 0 Å². The highest BCUT2D eigenvalue weighted by atomic mass is 35.5. The van der Waals surface area contributed by atoms with Gasteiger partial charge in [0, 0.05) is 18.1 Å². The van der Waals surface area contributed by atoms with E-state index in [1.807, 2.05) is 0 Å². The number of nitrogens with zero attached hydrogens (tertiary/aromatic N) is 4. The molecule has 0 radical (unpaired) electrons. The molecule has 2 rings (SSSR count). The van der Waals surface area contributed by atoms with Gasteiger partial charge in [-0.3, -0.25) is 14.9 Å². The van der Waals surface area contributed by atoms with Crippen molar-refractivity contribution in [1.82, 2.24) is 14.9 Å². The van der Waals surface area contributed by atoms with E-state index >= 15 is 0 Å². The van der Waals surface area contributed by atoms with Crippen molar-refractivity contribution >= 4 is 24.0 Å². The van der Waals surface area contributed by atoms with Crippen molar-refractivity contribution in [3.8, 4) is 0 Å². The lowest BCUT2D eigenvalue weighted by Crippen LogP contribution is -2.34. The van der Waals surface area contributed by atoms with Gasteiger partial charge in [0.05, 0.1) is 4.92 Å². The molecule has 0 fully saturated rings. The van der Waals surface area contributed by atoms with E-state index in [0.717, 1.165) is 0 Å². The maximum absolute atomic E-state index is 11.8. The van der Waals surface area contributed by atoms with Gasteiger partial charge in [0.2, 0.25) is 5.95 Å². The van der Waals surface area contributed by atoms with Crippen LogP contribution in [0, 0.1) is 10.1 Å². The van der Waals surface area contributed by atoms with Gasteiger partial charge in [-0.25, -0.2) is 0 Å². The molecule has 0 aliphatic rings. The number of nitro benzene ring substituents is 1. The zero-order valence-corrected chi connectivity index (χ0v) is 10.9. The SMILES string of the molecule is Cl.Nc1nnc(Cc2ccccc2[N+](=O)[O-])c(=O)n1N. The molecular weight excluding hydrogens is 288 g/mol. The third-order valence-corrected chi connectivity index (χ3v) is 2.53. The van der Waals surface area contributed by atoms with Crippen LogP contribution in [0.25, 0.3) is 0 Å². The fraction of sp³-hybridized carbons (Fsp3) is 0.100. The van der Waals surface area contributed by atoms with Crippen LogP contribution in [0.3, 0.4) is 0 Å². The Labute approximate surface area is 118 Å². The molecule has 0 saturated carbocycles. The van der Waals surface area contributed by atoms with Crippen molar-refractivity contribution in [3.05, 3.63) is 56.0 Å². The minimum atomic E-state index is -0.634. The van der Waals surface area contributed by atoms with E-state index in [1.165, 1.54) is 18.2 Å². The van der Waals surface area contributed by atoms with E-state index in [9.17, 15) is 14.9 Å². The molecule has 20 heavy (non-hydrogen) atoms. The molecule has 0 amide bonds. The van der Waals surface area contributed by atoms with Gasteiger partial charge < -0.3 is 11.6 Å². The number of para-hydroxylation sites is 1. The molecule has 1 aromatic heterocycles. The molecule has 0 aliphatic heterocycles. The summed E-state index contributed by atoms with van der Waals surface area (Å²) < 4.78 is 0.650. The first kappa shape index (κ1) is 15.4. The second kappa shape index (κ2) is 5.97. The van der Waals surface area contributed by atoms with Crippen LogP contribution in [0.15, 0.2) is 29.1 Å². The Balaban J connectivity index is 0.00000200.